The molecule has 0 spiro atoms. The van der Waals surface area contributed by atoms with E-state index in [2.05, 4.69) is 0 Å². The molecule has 0 saturated heterocycles. The van der Waals surface area contributed by atoms with Gasteiger partial charge in [0.1, 0.15) is 0 Å². The van der Waals surface area contributed by atoms with Crippen LogP contribution in [0.4, 0.5) is 0 Å². The second kappa shape index (κ2) is 7.15. The van der Waals surface area contributed by atoms with Gasteiger partial charge in [0.25, 0.3) is 0 Å². The molecule has 0 aliphatic carbocycles. The van der Waals surface area contributed by atoms with E-state index >= 15 is 0 Å². The van der Waals surface area contributed by atoms with E-state index in [1.54, 1.807) is 54.6 Å². The summed E-state index contributed by atoms with van der Waals surface area (Å²) in [4.78, 5) is 25.0. The lowest BCUT2D eigenvalue weighted by Crippen LogP contribution is -2.20. The van der Waals surface area contributed by atoms with E-state index in [0.717, 1.165) is 0 Å². The lowest BCUT2D eigenvalue weighted by Gasteiger charge is -2.17. The van der Waals surface area contributed by atoms with Crippen molar-refractivity contribution in [2.45, 2.75) is 6.10 Å². The van der Waals surface area contributed by atoms with Crippen LogP contribution in [0.1, 0.15) is 32.6 Å². The lowest BCUT2D eigenvalue weighted by molar-refractivity contribution is 0.0250. The van der Waals surface area contributed by atoms with E-state index in [0.29, 0.717) is 16.1 Å². The van der Waals surface area contributed by atoms with Gasteiger partial charge in [0.2, 0.25) is 11.5 Å². The van der Waals surface area contributed by atoms with Crippen molar-refractivity contribution in [1.82, 2.24) is 0 Å². The molecule has 2 aromatic carbocycles. The first-order valence-electron chi connectivity index (χ1n) is 7.24. The molecule has 0 radical (unpaired) electrons. The van der Waals surface area contributed by atoms with Crippen molar-refractivity contribution in [3.63, 3.8) is 0 Å². The molecule has 0 aliphatic rings. The Hall–Kier alpha value is -2.85. The normalized spacial score (nSPS) is 11.7. The molecule has 1 aromatic heterocycles. The number of hydrogen-bond acceptors (Lipinski definition) is 4. The van der Waals surface area contributed by atoms with Crippen molar-refractivity contribution in [3.05, 3.63) is 94.9 Å². The predicted octanol–water partition coefficient (Wildman–Crippen LogP) is 4.71. The number of ketones is 1. The first-order valence-corrected chi connectivity index (χ1v) is 7.62. The Bertz CT molecular complexity index is 824. The molecule has 0 fully saturated rings. The van der Waals surface area contributed by atoms with Gasteiger partial charge in [-0.05, 0) is 24.3 Å². The van der Waals surface area contributed by atoms with Crippen LogP contribution in [0.15, 0.2) is 77.4 Å². The van der Waals surface area contributed by atoms with Crippen LogP contribution in [0, 0.1) is 0 Å². The molecular weight excluding hydrogens is 328 g/mol. The quantitative estimate of drug-likeness (QED) is 0.498. The topological polar surface area (TPSA) is 56.5 Å². The minimum Gasteiger partial charge on any atom is -0.457 e. The van der Waals surface area contributed by atoms with E-state index in [-0.39, 0.29) is 11.5 Å². The van der Waals surface area contributed by atoms with Crippen LogP contribution >= 0.6 is 11.6 Å². The molecule has 24 heavy (non-hydrogen) atoms. The van der Waals surface area contributed by atoms with Gasteiger partial charge in [-0.3, -0.25) is 4.79 Å². The van der Waals surface area contributed by atoms with Crippen LogP contribution in [0.3, 0.4) is 0 Å². The molecule has 1 heterocycles. The summed E-state index contributed by atoms with van der Waals surface area (Å²) in [5, 5.41) is 0.530. The van der Waals surface area contributed by atoms with Crippen molar-refractivity contribution in [2.24, 2.45) is 0 Å². The zero-order valence-corrected chi connectivity index (χ0v) is 13.3. The van der Waals surface area contributed by atoms with Gasteiger partial charge in [0.15, 0.2) is 6.10 Å². The first kappa shape index (κ1) is 16.0. The molecule has 120 valence electrons. The molecular formula is C19H13ClO4. The van der Waals surface area contributed by atoms with Gasteiger partial charge >= 0.3 is 5.97 Å². The maximum absolute atomic E-state index is 12.8. The summed E-state index contributed by atoms with van der Waals surface area (Å²) in [5.74, 6) is -0.989. The number of carbonyl (C=O) groups is 2. The third-order valence-electron chi connectivity index (χ3n) is 3.42. The Labute approximate surface area is 143 Å². The van der Waals surface area contributed by atoms with E-state index in [4.69, 9.17) is 20.8 Å². The largest absolute Gasteiger partial charge is 0.457 e. The molecule has 5 heteroatoms. The Balaban J connectivity index is 1.93. The molecule has 0 amide bonds. The van der Waals surface area contributed by atoms with Crippen molar-refractivity contribution in [2.75, 3.05) is 0 Å². The van der Waals surface area contributed by atoms with Gasteiger partial charge in [-0.1, -0.05) is 54.1 Å². The highest BCUT2D eigenvalue weighted by molar-refractivity contribution is 6.30. The number of ether oxygens (including phenoxy) is 1. The van der Waals surface area contributed by atoms with Gasteiger partial charge in [0, 0.05) is 16.1 Å². The Morgan fingerprint density at radius 3 is 2.25 bits per heavy atom. The monoisotopic (exact) mass is 340 g/mol. The van der Waals surface area contributed by atoms with Crippen molar-refractivity contribution < 1.29 is 18.7 Å². The van der Waals surface area contributed by atoms with Crippen LogP contribution in [0.25, 0.3) is 0 Å². The van der Waals surface area contributed by atoms with E-state index in [9.17, 15) is 9.59 Å². The molecule has 4 nitrogen and oxygen atoms in total. The number of halogens is 1. The number of carbonyl (C=O) groups excluding carboxylic acids is 2. The standard InChI is InChI=1S/C19H13ClO4/c20-15-10-8-14(9-11-15)18(17(21)13-5-2-1-3-6-13)24-19(22)16-7-4-12-23-16/h1-12,18H/t18-/m1/s1. The highest BCUT2D eigenvalue weighted by Crippen LogP contribution is 2.25. The number of benzene rings is 2. The summed E-state index contributed by atoms with van der Waals surface area (Å²) >= 11 is 5.89. The van der Waals surface area contributed by atoms with E-state index in [1.165, 1.54) is 12.3 Å². The van der Waals surface area contributed by atoms with E-state index < -0.39 is 12.1 Å². The maximum Gasteiger partial charge on any atom is 0.375 e. The molecule has 3 aromatic rings. The fourth-order valence-corrected chi connectivity index (χ4v) is 2.35. The summed E-state index contributed by atoms with van der Waals surface area (Å²) in [6.45, 7) is 0. The second-order valence-electron chi connectivity index (χ2n) is 5.04. The van der Waals surface area contributed by atoms with E-state index in [1.807, 2.05) is 6.07 Å². The fourth-order valence-electron chi connectivity index (χ4n) is 2.22. The van der Waals surface area contributed by atoms with Gasteiger partial charge in [-0.15, -0.1) is 0 Å². The van der Waals surface area contributed by atoms with Gasteiger partial charge in [0.05, 0.1) is 6.26 Å². The third-order valence-corrected chi connectivity index (χ3v) is 3.67. The number of furan rings is 1. The number of esters is 1. The number of hydrogen-bond donors (Lipinski definition) is 0. The Kier molecular flexibility index (Phi) is 4.77. The summed E-state index contributed by atoms with van der Waals surface area (Å²) in [6, 6.07) is 18.3. The number of Topliss-reactive ketones (excluding diaryl/α,β-unsaturated/α-hetero) is 1. The van der Waals surface area contributed by atoms with Crippen molar-refractivity contribution in [3.8, 4) is 0 Å². The van der Waals surface area contributed by atoms with Gasteiger partial charge in [-0.25, -0.2) is 4.79 Å². The average molecular weight is 341 g/mol. The molecule has 0 N–H and O–H groups in total. The van der Waals surface area contributed by atoms with Crippen LogP contribution < -0.4 is 0 Å². The summed E-state index contributed by atoms with van der Waals surface area (Å²) < 4.78 is 10.4. The zero-order chi connectivity index (χ0) is 16.9. The Morgan fingerprint density at radius 1 is 0.917 bits per heavy atom. The average Bonchev–Trinajstić information content (AvgIpc) is 3.15. The number of rotatable bonds is 5. The van der Waals surface area contributed by atoms with Crippen molar-refractivity contribution >= 4 is 23.4 Å². The maximum atomic E-state index is 12.8. The zero-order valence-electron chi connectivity index (χ0n) is 12.5. The summed E-state index contributed by atoms with van der Waals surface area (Å²) in [5.41, 5.74) is 0.984. The highest BCUT2D eigenvalue weighted by atomic mass is 35.5. The van der Waals surface area contributed by atoms with Crippen LogP contribution in [0.5, 0.6) is 0 Å². The van der Waals surface area contributed by atoms with Crippen LogP contribution in [-0.4, -0.2) is 11.8 Å². The highest BCUT2D eigenvalue weighted by Gasteiger charge is 2.27. The molecule has 0 aliphatic heterocycles. The molecule has 1 atom stereocenters. The SMILES string of the molecule is O=C(O[C@@H](C(=O)c1ccccc1)c1ccc(Cl)cc1)c1ccco1. The molecule has 0 saturated carbocycles. The molecule has 0 unspecified atom stereocenters. The molecule has 0 bridgehead atoms. The molecule has 3 rings (SSSR count). The first-order chi connectivity index (χ1) is 11.6. The summed E-state index contributed by atoms with van der Waals surface area (Å²) in [7, 11) is 0. The Morgan fingerprint density at radius 2 is 1.62 bits per heavy atom. The minimum absolute atomic E-state index is 0.0369. The van der Waals surface area contributed by atoms with Crippen LogP contribution in [-0.2, 0) is 4.74 Å². The minimum atomic E-state index is -1.08. The van der Waals surface area contributed by atoms with Crippen molar-refractivity contribution in [1.29, 1.82) is 0 Å². The summed E-state index contributed by atoms with van der Waals surface area (Å²) in [6.07, 6.45) is 0.287. The smallest absolute Gasteiger partial charge is 0.375 e. The second-order valence-corrected chi connectivity index (χ2v) is 5.48. The fraction of sp³-hybridized carbons (Fsp3) is 0.0526. The third kappa shape index (κ3) is 3.55. The van der Waals surface area contributed by atoms with Crippen LogP contribution in [0.2, 0.25) is 5.02 Å². The predicted molar refractivity (Wildman–Crippen MR) is 89.1 cm³/mol. The lowest BCUT2D eigenvalue weighted by atomic mass is 10.00. The van der Waals surface area contributed by atoms with Gasteiger partial charge < -0.3 is 9.15 Å². The van der Waals surface area contributed by atoms with Gasteiger partial charge in [-0.2, -0.15) is 0 Å².